The zero-order valence-corrected chi connectivity index (χ0v) is 12.6. The van der Waals surface area contributed by atoms with Crippen LogP contribution < -0.4 is 0 Å². The smallest absolute Gasteiger partial charge is 0 e. The predicted octanol–water partition coefficient (Wildman–Crippen LogP) is 6.61. The van der Waals surface area contributed by atoms with Crippen molar-refractivity contribution in [1.82, 2.24) is 0 Å². The second-order valence-electron chi connectivity index (χ2n) is 4.02. The standard InChI is InChI=1S/C10H14.F6P.Ru/c1-8(2)10-6-4-9(3)5-7-10;1-7(2,3,4,5)6;/h4-8H,1-3H3;;/q;-1;/p+1. The van der Waals surface area contributed by atoms with Crippen molar-refractivity contribution in [3.8, 4) is 0 Å². The van der Waals surface area contributed by atoms with Crippen molar-refractivity contribution < 1.29 is 46.1 Å². The minimum Gasteiger partial charge on any atom is 0 e. The third-order valence-electron chi connectivity index (χ3n) is 1.74. The molecule has 0 nitrogen and oxygen atoms in total. The molecule has 0 amide bonds. The first-order valence-electron chi connectivity index (χ1n) is 4.78. The first-order chi connectivity index (χ1) is 7.15. The van der Waals surface area contributed by atoms with E-state index in [2.05, 4.69) is 45.0 Å². The topological polar surface area (TPSA) is 0 Å². The van der Waals surface area contributed by atoms with Crippen LogP contribution in [0.5, 0.6) is 0 Å². The van der Waals surface area contributed by atoms with E-state index < -0.39 is 7.81 Å². The molecule has 0 bridgehead atoms. The van der Waals surface area contributed by atoms with Crippen molar-refractivity contribution in [2.75, 3.05) is 0 Å². The minimum absolute atomic E-state index is 0. The van der Waals surface area contributed by atoms with E-state index in [-0.39, 0.29) is 20.9 Å². The molecule has 0 saturated heterocycles. The van der Waals surface area contributed by atoms with Crippen molar-refractivity contribution in [3.05, 3.63) is 35.4 Å². The summed E-state index contributed by atoms with van der Waals surface area (Å²) in [4.78, 5) is 0. The molecule has 18 heavy (non-hydrogen) atoms. The molecular formula is C10H15F6PRu. The summed E-state index contributed by atoms with van der Waals surface area (Å²) in [6.07, 6.45) is 0. The average molecular weight is 381 g/mol. The normalized spacial score (nSPS) is 14.8. The van der Waals surface area contributed by atoms with Gasteiger partial charge in [-0.25, -0.2) is 0 Å². The molecule has 0 aliphatic heterocycles. The third kappa shape index (κ3) is 18.2. The van der Waals surface area contributed by atoms with Crippen LogP contribution in [0.25, 0.3) is 0 Å². The molecule has 0 radical (unpaired) electrons. The van der Waals surface area contributed by atoms with Crippen LogP contribution in [0.4, 0.5) is 25.2 Å². The van der Waals surface area contributed by atoms with Crippen LogP contribution in [-0.4, -0.2) is 0 Å². The molecule has 1 rings (SSSR count). The zero-order valence-electron chi connectivity index (χ0n) is 11.0. The number of aryl methyl sites for hydroxylation is 1. The Hall–Kier alpha value is -0.147. The summed E-state index contributed by atoms with van der Waals surface area (Å²) in [7, 11) is -10.7. The monoisotopic (exact) mass is 382 g/mol. The van der Waals surface area contributed by atoms with E-state index in [0.29, 0.717) is 5.92 Å². The molecule has 0 aliphatic carbocycles. The molecule has 8 heteroatoms. The molecule has 0 N–H and O–H groups in total. The Morgan fingerprint density at radius 1 is 0.889 bits per heavy atom. The van der Waals surface area contributed by atoms with Crippen molar-refractivity contribution in [2.24, 2.45) is 0 Å². The van der Waals surface area contributed by atoms with Crippen molar-refractivity contribution in [1.29, 1.82) is 0 Å². The molecule has 0 saturated carbocycles. The van der Waals surface area contributed by atoms with Crippen LogP contribution >= 0.6 is 7.81 Å². The van der Waals surface area contributed by atoms with E-state index in [0.717, 1.165) is 0 Å². The maximum absolute atomic E-state index is 10.7. The summed E-state index contributed by atoms with van der Waals surface area (Å²) in [6.45, 7) is 6.54. The second-order valence-corrected chi connectivity index (χ2v) is 5.94. The molecule has 0 aromatic heterocycles. The van der Waals surface area contributed by atoms with E-state index in [1.165, 1.54) is 11.1 Å². The summed E-state index contributed by atoms with van der Waals surface area (Å²) in [5.41, 5.74) is 2.76. The van der Waals surface area contributed by atoms with Gasteiger partial charge in [-0.1, -0.05) is 43.7 Å². The molecule has 0 heterocycles. The van der Waals surface area contributed by atoms with Crippen molar-refractivity contribution >= 4 is 7.81 Å². The number of rotatable bonds is 1. The Kier molecular flexibility index (Phi) is 6.12. The number of hydrogen-bond donors (Lipinski definition) is 0. The van der Waals surface area contributed by atoms with Gasteiger partial charge in [0.1, 0.15) is 0 Å². The number of hydrogen-bond acceptors (Lipinski definition) is 0. The summed E-state index contributed by atoms with van der Waals surface area (Å²) >= 11 is 0. The predicted molar refractivity (Wildman–Crippen MR) is 59.9 cm³/mol. The molecule has 0 fully saturated rings. The molecule has 1 aromatic rings. The van der Waals surface area contributed by atoms with Crippen LogP contribution in [0.15, 0.2) is 24.3 Å². The molecule has 1 aromatic carbocycles. The van der Waals surface area contributed by atoms with Gasteiger partial charge in [-0.05, 0) is 18.4 Å². The van der Waals surface area contributed by atoms with Gasteiger partial charge in [0.05, 0.1) is 0 Å². The quantitative estimate of drug-likeness (QED) is 0.292. The molecule has 0 aliphatic rings. The first-order valence-corrected chi connectivity index (χ1v) is 6.81. The second kappa shape index (κ2) is 5.46. The Labute approximate surface area is 116 Å². The Morgan fingerprint density at radius 3 is 1.39 bits per heavy atom. The van der Waals surface area contributed by atoms with Gasteiger partial charge in [0.2, 0.25) is 0 Å². The average Bonchev–Trinajstić information content (AvgIpc) is 1.98. The molecule has 0 unspecified atom stereocenters. The molecular weight excluding hydrogens is 366 g/mol. The van der Waals surface area contributed by atoms with Crippen LogP contribution in [0.1, 0.15) is 32.3 Å². The van der Waals surface area contributed by atoms with Crippen molar-refractivity contribution in [3.63, 3.8) is 0 Å². The number of benzene rings is 1. The minimum atomic E-state index is -10.7. The van der Waals surface area contributed by atoms with Crippen LogP contribution in [-0.2, 0) is 19.5 Å². The van der Waals surface area contributed by atoms with Crippen molar-refractivity contribution in [2.45, 2.75) is 26.7 Å². The summed E-state index contributed by atoms with van der Waals surface area (Å²) in [5.74, 6) is 0.653. The van der Waals surface area contributed by atoms with Gasteiger partial charge < -0.3 is 0 Å². The number of halogens is 6. The van der Waals surface area contributed by atoms with Gasteiger partial charge in [-0.2, -0.15) is 0 Å². The van der Waals surface area contributed by atoms with Gasteiger partial charge in [-0.3, -0.25) is 0 Å². The Balaban J connectivity index is -0.000000258. The summed E-state index contributed by atoms with van der Waals surface area (Å²) < 4.78 is 59.2. The maximum Gasteiger partial charge on any atom is 1.00 e. The Morgan fingerprint density at radius 2 is 1.17 bits per heavy atom. The molecule has 0 atom stereocenters. The summed E-state index contributed by atoms with van der Waals surface area (Å²) in [6, 6.07) is 8.71. The third-order valence-corrected chi connectivity index (χ3v) is 1.74. The van der Waals surface area contributed by atoms with Crippen LogP contribution in [0.3, 0.4) is 0 Å². The maximum atomic E-state index is 9.87. The van der Waals surface area contributed by atoms with E-state index in [4.69, 9.17) is 0 Å². The fraction of sp³-hybridized carbons (Fsp3) is 0.400. The van der Waals surface area contributed by atoms with Gasteiger partial charge in [0.25, 0.3) is 0 Å². The Bertz CT molecular complexity index is 360. The fourth-order valence-electron chi connectivity index (χ4n) is 0.951. The van der Waals surface area contributed by atoms with E-state index in [9.17, 15) is 25.2 Å². The van der Waals surface area contributed by atoms with E-state index >= 15 is 0 Å². The van der Waals surface area contributed by atoms with E-state index in [1.807, 2.05) is 0 Å². The summed E-state index contributed by atoms with van der Waals surface area (Å²) in [5, 5.41) is 0. The molecule has 0 spiro atoms. The zero-order chi connectivity index (χ0) is 14.0. The van der Waals surface area contributed by atoms with Crippen LogP contribution in [0, 0.1) is 6.92 Å². The molecule has 110 valence electrons. The van der Waals surface area contributed by atoms with E-state index in [1.54, 1.807) is 0 Å². The van der Waals surface area contributed by atoms with Gasteiger partial charge in [0.15, 0.2) is 0 Å². The van der Waals surface area contributed by atoms with Gasteiger partial charge in [-0.15, -0.1) is 0 Å². The SMILES string of the molecule is Cc1ccc(C(C)C)cc1.F[P-](F)(F)(F)(F)F.[H+].[Ru]. The fourth-order valence-corrected chi connectivity index (χ4v) is 0.951. The first kappa shape index (κ1) is 20.2. The van der Waals surface area contributed by atoms with Gasteiger partial charge in [0, 0.05) is 19.5 Å². The van der Waals surface area contributed by atoms with Crippen LogP contribution in [0.2, 0.25) is 0 Å². The largest absolute Gasteiger partial charge is 1.00 e. The van der Waals surface area contributed by atoms with Gasteiger partial charge >= 0.3 is 34.4 Å².